The lowest BCUT2D eigenvalue weighted by molar-refractivity contribution is -0.172. The Bertz CT molecular complexity index is 1360. The number of nitrogens with one attached hydrogen (secondary N) is 1. The van der Waals surface area contributed by atoms with Crippen molar-refractivity contribution < 1.29 is 44.0 Å². The van der Waals surface area contributed by atoms with Crippen molar-refractivity contribution in [2.45, 2.75) is 63.6 Å². The lowest BCUT2D eigenvalue weighted by Crippen LogP contribution is -2.49. The molecule has 0 aliphatic rings. The number of unbranched alkanes of at least 4 members (excludes halogenated alkanes) is 4. The largest absolute Gasteiger partial charge is 0.480 e. The lowest BCUT2D eigenvalue weighted by atomic mass is 10.0. The highest BCUT2D eigenvalue weighted by atomic mass is 16.6. The Kier molecular flexibility index (Phi) is 13.6. The summed E-state index contributed by atoms with van der Waals surface area (Å²) in [6, 6.07) is 21.2. The highest BCUT2D eigenvalue weighted by molar-refractivity contribution is 5.88. The average molecular weight is 594 g/mol. The van der Waals surface area contributed by atoms with E-state index in [-0.39, 0.29) is 12.2 Å². The van der Waals surface area contributed by atoms with Crippen LogP contribution < -0.4 is 5.32 Å². The summed E-state index contributed by atoms with van der Waals surface area (Å²) < 4.78 is 10.7. The molecule has 4 N–H and O–H groups in total. The van der Waals surface area contributed by atoms with Crippen LogP contribution >= 0.6 is 0 Å². The molecule has 1 amide bonds. The van der Waals surface area contributed by atoms with Crippen molar-refractivity contribution in [3.05, 3.63) is 83.4 Å². The second kappa shape index (κ2) is 17.6. The molecule has 0 spiro atoms. The third kappa shape index (κ3) is 11.5. The second-order valence-electron chi connectivity index (χ2n) is 10.4. The molecule has 3 rings (SSSR count). The van der Waals surface area contributed by atoms with Gasteiger partial charge in [0.25, 0.3) is 5.91 Å². The van der Waals surface area contributed by atoms with Crippen LogP contribution in [0.15, 0.2) is 66.7 Å². The van der Waals surface area contributed by atoms with E-state index in [0.29, 0.717) is 19.4 Å². The number of hydrogen-bond acceptors (Lipinski definition) is 6. The number of rotatable bonds is 20. The number of ether oxygens (including phenoxy) is 2. The number of carboxylic acids is 3. The zero-order valence-electron chi connectivity index (χ0n) is 24.1. The number of fused-ring (bicyclic) bond motifs is 1. The lowest BCUT2D eigenvalue weighted by Gasteiger charge is -2.23. The van der Waals surface area contributed by atoms with Crippen molar-refractivity contribution in [3.63, 3.8) is 0 Å². The van der Waals surface area contributed by atoms with Gasteiger partial charge in [-0.2, -0.15) is 0 Å². The first-order chi connectivity index (χ1) is 20.7. The molecule has 3 aromatic carbocycles. The van der Waals surface area contributed by atoms with E-state index in [9.17, 15) is 24.3 Å². The van der Waals surface area contributed by atoms with Gasteiger partial charge < -0.3 is 30.1 Å². The topological polar surface area (TPSA) is 159 Å². The van der Waals surface area contributed by atoms with Gasteiger partial charge in [0.05, 0.1) is 5.56 Å². The SMILES string of the molecule is O=C(O)COC(C(=O)O)C(OCCCCCc1ccc(C(=O)O)cc1)C(=O)NCCCCCc1ccc2ccccc2c1. The normalized spacial score (nSPS) is 12.5. The second-order valence-corrected chi connectivity index (χ2v) is 10.4. The maximum absolute atomic E-state index is 12.9. The first kappa shape index (κ1) is 33.2. The zero-order valence-corrected chi connectivity index (χ0v) is 24.1. The van der Waals surface area contributed by atoms with Crippen molar-refractivity contribution in [2.75, 3.05) is 19.8 Å². The van der Waals surface area contributed by atoms with Gasteiger partial charge in [0.2, 0.25) is 0 Å². The van der Waals surface area contributed by atoms with Crippen molar-refractivity contribution in [1.29, 1.82) is 0 Å². The van der Waals surface area contributed by atoms with Crippen molar-refractivity contribution in [1.82, 2.24) is 5.32 Å². The highest BCUT2D eigenvalue weighted by Crippen LogP contribution is 2.17. The van der Waals surface area contributed by atoms with Crippen LogP contribution in [0.2, 0.25) is 0 Å². The Morgan fingerprint density at radius 1 is 0.674 bits per heavy atom. The van der Waals surface area contributed by atoms with Crippen LogP contribution in [0.5, 0.6) is 0 Å². The summed E-state index contributed by atoms with van der Waals surface area (Å²) in [5.41, 5.74) is 2.46. The predicted octanol–water partition coefficient (Wildman–Crippen LogP) is 4.72. The van der Waals surface area contributed by atoms with Gasteiger partial charge >= 0.3 is 17.9 Å². The molecule has 0 heterocycles. The van der Waals surface area contributed by atoms with Gasteiger partial charge in [0.15, 0.2) is 12.2 Å². The quantitative estimate of drug-likeness (QED) is 0.136. The third-order valence-electron chi connectivity index (χ3n) is 7.03. The number of hydrogen-bond donors (Lipinski definition) is 4. The molecule has 10 nitrogen and oxygen atoms in total. The maximum atomic E-state index is 12.9. The Balaban J connectivity index is 1.42. The number of aryl methyl sites for hydroxylation is 2. The fourth-order valence-electron chi connectivity index (χ4n) is 4.72. The van der Waals surface area contributed by atoms with Crippen molar-refractivity contribution >= 4 is 34.6 Å². The van der Waals surface area contributed by atoms with Gasteiger partial charge in [-0.05, 0) is 72.6 Å². The van der Waals surface area contributed by atoms with Crippen LogP contribution in [0.25, 0.3) is 10.8 Å². The molecule has 43 heavy (non-hydrogen) atoms. The Labute approximate surface area is 250 Å². The van der Waals surface area contributed by atoms with E-state index in [1.54, 1.807) is 24.3 Å². The number of carboxylic acid groups (broad SMARTS) is 3. The number of benzene rings is 3. The van der Waals surface area contributed by atoms with Gasteiger partial charge in [-0.3, -0.25) is 4.79 Å². The minimum Gasteiger partial charge on any atom is -0.480 e. The zero-order chi connectivity index (χ0) is 31.0. The van der Waals surface area contributed by atoms with E-state index in [2.05, 4.69) is 35.6 Å². The molecule has 0 aromatic heterocycles. The molecule has 2 unspecified atom stereocenters. The summed E-state index contributed by atoms with van der Waals surface area (Å²) >= 11 is 0. The Morgan fingerprint density at radius 2 is 1.33 bits per heavy atom. The van der Waals surface area contributed by atoms with Gasteiger partial charge in [0, 0.05) is 13.2 Å². The van der Waals surface area contributed by atoms with Crippen molar-refractivity contribution in [2.24, 2.45) is 0 Å². The molecule has 0 saturated heterocycles. The van der Waals surface area contributed by atoms with E-state index in [0.717, 1.165) is 44.1 Å². The molecule has 0 fully saturated rings. The first-order valence-electron chi connectivity index (χ1n) is 14.5. The van der Waals surface area contributed by atoms with Gasteiger partial charge in [0.1, 0.15) is 6.61 Å². The van der Waals surface area contributed by atoms with E-state index in [4.69, 9.17) is 19.7 Å². The smallest absolute Gasteiger partial charge is 0.336 e. The molecule has 0 aliphatic heterocycles. The van der Waals surface area contributed by atoms with E-state index in [1.807, 2.05) is 12.1 Å². The summed E-state index contributed by atoms with van der Waals surface area (Å²) in [7, 11) is 0. The molecule has 2 atom stereocenters. The van der Waals surface area contributed by atoms with E-state index < -0.39 is 42.6 Å². The first-order valence-corrected chi connectivity index (χ1v) is 14.5. The number of amides is 1. The average Bonchev–Trinajstić information content (AvgIpc) is 2.99. The van der Waals surface area contributed by atoms with Crippen LogP contribution in [0, 0.1) is 0 Å². The minimum absolute atomic E-state index is 0.0853. The molecule has 0 bridgehead atoms. The van der Waals surface area contributed by atoms with Crippen molar-refractivity contribution in [3.8, 4) is 0 Å². The standard InChI is InChI=1S/C33H39NO9/c35-28(36)22-43-30(33(40)41)29(42-20-8-2-4-9-23-13-17-26(18-14-23)32(38)39)31(37)34-19-7-1-3-10-24-15-16-25-11-5-6-12-27(25)21-24/h5-6,11-18,21,29-30H,1-4,7-10,19-20,22H2,(H,34,37)(H,35,36)(H,38,39)(H,40,41). The van der Waals surface area contributed by atoms with Crippen LogP contribution in [0.3, 0.4) is 0 Å². The molecule has 10 heteroatoms. The maximum Gasteiger partial charge on any atom is 0.336 e. The number of aliphatic carboxylic acids is 2. The minimum atomic E-state index is -1.77. The summed E-state index contributed by atoms with van der Waals surface area (Å²) in [6.07, 6.45) is 2.88. The fourth-order valence-corrected chi connectivity index (χ4v) is 4.72. The van der Waals surface area contributed by atoms with E-state index in [1.165, 1.54) is 16.3 Å². The molecule has 230 valence electrons. The van der Waals surface area contributed by atoms with Gasteiger partial charge in [-0.15, -0.1) is 0 Å². The van der Waals surface area contributed by atoms with E-state index >= 15 is 0 Å². The number of carbonyl (C=O) groups excluding carboxylic acids is 1. The Hall–Kier alpha value is -4.28. The van der Waals surface area contributed by atoms with Gasteiger partial charge in [-0.25, -0.2) is 14.4 Å². The number of carbonyl (C=O) groups is 4. The predicted molar refractivity (Wildman–Crippen MR) is 160 cm³/mol. The molecule has 0 radical (unpaired) electrons. The summed E-state index contributed by atoms with van der Waals surface area (Å²) in [5.74, 6) is -4.48. The van der Waals surface area contributed by atoms with Gasteiger partial charge in [-0.1, -0.05) is 67.4 Å². The molecular formula is C33H39NO9. The highest BCUT2D eigenvalue weighted by Gasteiger charge is 2.36. The monoisotopic (exact) mass is 593 g/mol. The summed E-state index contributed by atoms with van der Waals surface area (Å²) in [4.78, 5) is 46.7. The summed E-state index contributed by atoms with van der Waals surface area (Å²) in [5, 5.41) is 32.7. The molecule has 3 aromatic rings. The molecule has 0 aliphatic carbocycles. The van der Waals surface area contributed by atoms with Crippen LogP contribution in [-0.4, -0.2) is 71.1 Å². The third-order valence-corrected chi connectivity index (χ3v) is 7.03. The molecular weight excluding hydrogens is 554 g/mol. The fraction of sp³-hybridized carbons (Fsp3) is 0.394. The number of aromatic carboxylic acids is 1. The summed E-state index contributed by atoms with van der Waals surface area (Å²) in [6.45, 7) is -0.468. The molecule has 0 saturated carbocycles. The Morgan fingerprint density at radius 3 is 2.00 bits per heavy atom. The van der Waals surface area contributed by atoms with Crippen LogP contribution in [0.1, 0.15) is 60.0 Å². The van der Waals surface area contributed by atoms with Crippen LogP contribution in [0.4, 0.5) is 0 Å². The van der Waals surface area contributed by atoms with Crippen LogP contribution in [-0.2, 0) is 36.7 Å².